The number of Topliss-reactive ketones (excluding diaryl/α,β-unsaturated/α-hetero) is 1. The number of ether oxygens (including phenoxy) is 3. The molecule has 316 valence electrons. The van der Waals surface area contributed by atoms with Crippen LogP contribution in [0.1, 0.15) is 99.3 Å². The van der Waals surface area contributed by atoms with Gasteiger partial charge in [0.2, 0.25) is 27.7 Å². The summed E-state index contributed by atoms with van der Waals surface area (Å²) in [5.74, 6) is -2.54. The number of sulfonamides is 1. The van der Waals surface area contributed by atoms with E-state index in [1.807, 2.05) is 43.3 Å². The van der Waals surface area contributed by atoms with E-state index in [0.717, 1.165) is 42.4 Å². The Balaban J connectivity index is 1.22. The number of carbonyl (C=O) groups excluding carboxylic acids is 4. The number of allylic oxidation sites excluding steroid dienone is 2. The van der Waals surface area contributed by atoms with Crippen molar-refractivity contribution in [2.24, 2.45) is 29.1 Å². The Morgan fingerprint density at radius 2 is 1.76 bits per heavy atom. The van der Waals surface area contributed by atoms with Gasteiger partial charge in [0.15, 0.2) is 5.78 Å². The number of pyridine rings is 1. The Hall–Kier alpha value is -4.04. The van der Waals surface area contributed by atoms with Gasteiger partial charge in [0.25, 0.3) is 0 Å². The molecule has 2 saturated heterocycles. The molecular formula is C44H60N4O9S. The fourth-order valence-corrected chi connectivity index (χ4v) is 10.4. The van der Waals surface area contributed by atoms with Gasteiger partial charge in [-0.25, -0.2) is 13.4 Å². The molecule has 0 unspecified atom stereocenters. The van der Waals surface area contributed by atoms with Gasteiger partial charge in [-0.3, -0.25) is 23.9 Å². The zero-order valence-corrected chi connectivity index (χ0v) is 35.6. The second kappa shape index (κ2) is 16.2. The molecule has 1 aromatic carbocycles. The number of ketones is 1. The van der Waals surface area contributed by atoms with Gasteiger partial charge in [0.05, 0.1) is 60.2 Å². The van der Waals surface area contributed by atoms with Gasteiger partial charge in [-0.15, -0.1) is 0 Å². The smallest absolute Gasteiger partial charge is 0.307 e. The summed E-state index contributed by atoms with van der Waals surface area (Å²) in [4.78, 5) is 65.7. The molecule has 1 aromatic heterocycles. The van der Waals surface area contributed by atoms with Crippen LogP contribution < -0.4 is 14.4 Å². The second-order valence-corrected chi connectivity index (χ2v) is 21.0. The quantitative estimate of drug-likeness (QED) is 0.255. The molecule has 14 heteroatoms. The van der Waals surface area contributed by atoms with Crippen molar-refractivity contribution < 1.29 is 41.8 Å². The number of nitrogens with zero attached hydrogens (tertiary/aromatic N) is 3. The van der Waals surface area contributed by atoms with E-state index in [2.05, 4.69) is 16.5 Å². The van der Waals surface area contributed by atoms with Gasteiger partial charge in [0, 0.05) is 36.7 Å². The summed E-state index contributed by atoms with van der Waals surface area (Å²) in [5, 5.41) is 1.76. The van der Waals surface area contributed by atoms with Crippen molar-refractivity contribution >= 4 is 50.1 Å². The molecule has 0 spiro atoms. The van der Waals surface area contributed by atoms with Crippen LogP contribution in [-0.4, -0.2) is 97.2 Å². The maximum absolute atomic E-state index is 15.0. The molecule has 7 atom stereocenters. The fourth-order valence-electron chi connectivity index (χ4n) is 9.11. The summed E-state index contributed by atoms with van der Waals surface area (Å²) in [5.41, 5.74) is -1.04. The number of aromatic nitrogens is 1. The Bertz CT molecular complexity index is 2050. The largest absolute Gasteiger partial charge is 0.472 e. The Kier molecular flexibility index (Phi) is 11.8. The highest BCUT2D eigenvalue weighted by Crippen LogP contribution is 2.58. The molecule has 0 bridgehead atoms. The van der Waals surface area contributed by atoms with Crippen LogP contribution in [0, 0.1) is 29.1 Å². The van der Waals surface area contributed by atoms with Crippen molar-refractivity contribution in [2.75, 3.05) is 37.7 Å². The Morgan fingerprint density at radius 1 is 1.05 bits per heavy atom. The number of fused-ring (bicyclic) bond motifs is 3. The number of benzene rings is 1. The summed E-state index contributed by atoms with van der Waals surface area (Å²) in [7, 11) is -3.95. The number of nitrogens with one attached hydrogen (secondary N) is 1. The van der Waals surface area contributed by atoms with Crippen molar-refractivity contribution in [2.45, 2.75) is 122 Å². The first-order chi connectivity index (χ1) is 27.4. The number of esters is 1. The maximum Gasteiger partial charge on any atom is 0.307 e. The molecule has 2 saturated carbocycles. The van der Waals surface area contributed by atoms with Crippen LogP contribution in [-0.2, 0) is 38.7 Å². The highest BCUT2D eigenvalue weighted by Gasteiger charge is 2.62. The minimum atomic E-state index is -3.95. The molecule has 1 N–H and O–H groups in total. The number of morpholine rings is 1. The summed E-state index contributed by atoms with van der Waals surface area (Å²) in [6, 6.07) is 6.89. The van der Waals surface area contributed by atoms with Crippen molar-refractivity contribution in [3.63, 3.8) is 0 Å². The number of hydrogen-bond donors (Lipinski definition) is 1. The topological polar surface area (TPSA) is 162 Å². The number of hydrogen-bond acceptors (Lipinski definition) is 11. The average molecular weight is 821 g/mol. The summed E-state index contributed by atoms with van der Waals surface area (Å²) >= 11 is 0. The first kappa shape index (κ1) is 42.1. The minimum Gasteiger partial charge on any atom is -0.472 e. The van der Waals surface area contributed by atoms with Gasteiger partial charge in [0.1, 0.15) is 11.7 Å². The highest BCUT2D eigenvalue weighted by atomic mass is 32.2. The molecule has 2 aromatic rings. The number of rotatable bonds is 8. The number of carbonyl (C=O) groups is 4. The molecule has 0 radical (unpaired) electrons. The predicted octanol–water partition coefficient (Wildman–Crippen LogP) is 5.74. The molecule has 7 rings (SSSR count). The molecule has 2 aliphatic carbocycles. The van der Waals surface area contributed by atoms with E-state index in [0.29, 0.717) is 44.8 Å². The summed E-state index contributed by atoms with van der Waals surface area (Å²) in [6.07, 6.45) is 8.39. The fraction of sp³-hybridized carbons (Fsp3) is 0.659. The Morgan fingerprint density at radius 3 is 2.45 bits per heavy atom. The van der Waals surface area contributed by atoms with Crippen LogP contribution in [0.25, 0.3) is 10.8 Å². The normalized spacial score (nSPS) is 31.0. The lowest BCUT2D eigenvalue weighted by Gasteiger charge is -2.32. The van der Waals surface area contributed by atoms with E-state index < -0.39 is 55.7 Å². The van der Waals surface area contributed by atoms with Crippen LogP contribution in [0.4, 0.5) is 5.69 Å². The second-order valence-electron chi connectivity index (χ2n) is 18.8. The first-order valence-electron chi connectivity index (χ1n) is 21.1. The third-order valence-electron chi connectivity index (χ3n) is 13.0. The number of amides is 2. The SMILES string of the molecule is C[C@H]1CC/C=C\[C@@H]2C[C@@]2(C(=O)NS(=O)(=O)C2(C)CC2)CC(=O)[C@@H]2C[C@@H](Oc3ncc(N4CCOCC4)c4ccccc34)CN2C(=O)[C@@H](CC(=O)OC(C)(C)C)[C@H](C)C1. The molecule has 3 aliphatic heterocycles. The van der Waals surface area contributed by atoms with E-state index in [1.165, 1.54) is 0 Å². The van der Waals surface area contributed by atoms with Gasteiger partial charge >= 0.3 is 5.97 Å². The van der Waals surface area contributed by atoms with E-state index in [-0.39, 0.29) is 55.3 Å². The zero-order valence-electron chi connectivity index (χ0n) is 34.8. The van der Waals surface area contributed by atoms with E-state index in [1.54, 1.807) is 38.8 Å². The van der Waals surface area contributed by atoms with E-state index in [4.69, 9.17) is 19.2 Å². The van der Waals surface area contributed by atoms with E-state index in [9.17, 15) is 27.6 Å². The van der Waals surface area contributed by atoms with Crippen LogP contribution in [0.15, 0.2) is 42.6 Å². The summed E-state index contributed by atoms with van der Waals surface area (Å²) < 4.78 is 45.9. The van der Waals surface area contributed by atoms with Gasteiger partial charge < -0.3 is 24.0 Å². The highest BCUT2D eigenvalue weighted by molar-refractivity contribution is 7.91. The first-order valence-corrected chi connectivity index (χ1v) is 22.5. The third kappa shape index (κ3) is 8.92. The van der Waals surface area contributed by atoms with Crippen molar-refractivity contribution in [3.8, 4) is 5.88 Å². The third-order valence-corrected chi connectivity index (χ3v) is 15.1. The zero-order chi connectivity index (χ0) is 41.6. The van der Waals surface area contributed by atoms with Crippen LogP contribution in [0.3, 0.4) is 0 Å². The maximum atomic E-state index is 15.0. The van der Waals surface area contributed by atoms with Gasteiger partial charge in [-0.05, 0) is 90.0 Å². The Labute approximate surface area is 342 Å². The van der Waals surface area contributed by atoms with Crippen molar-refractivity contribution in [3.05, 3.63) is 42.6 Å². The van der Waals surface area contributed by atoms with Crippen LogP contribution in [0.2, 0.25) is 0 Å². The minimum absolute atomic E-state index is 0.0683. The molecule has 4 heterocycles. The van der Waals surface area contributed by atoms with E-state index >= 15 is 0 Å². The predicted molar refractivity (Wildman–Crippen MR) is 219 cm³/mol. The molecule has 5 aliphatic rings. The van der Waals surface area contributed by atoms with Crippen LogP contribution in [0.5, 0.6) is 5.88 Å². The number of anilines is 1. The molecule has 2 amide bonds. The lowest BCUT2D eigenvalue weighted by Crippen LogP contribution is -2.48. The average Bonchev–Trinajstić information content (AvgIpc) is 4.05. The lowest BCUT2D eigenvalue weighted by molar-refractivity contribution is -0.160. The standard InChI is InChI=1S/C44H60N4O9S/c1-28-11-7-8-12-30-24-44(30,41(52)46-58(53,54)43(6)15-16-43)25-37(49)35-22-31(27-48(35)40(51)34(29(2)21-28)23-38(50)57-42(3,4)5)56-39-33-14-10-9-13-32(33)36(26-45-39)47-17-19-55-20-18-47/h8-10,12-14,26,28-31,34-35H,7,11,15-25,27H2,1-6H3,(H,46,52)/b12-8-/t28-,29+,30+,31+,34-,35-,44+/m0/s1. The molecule has 58 heavy (non-hydrogen) atoms. The van der Waals surface area contributed by atoms with Crippen LogP contribution >= 0.6 is 0 Å². The molecule has 4 fully saturated rings. The molecular weight excluding hydrogens is 761 g/mol. The van der Waals surface area contributed by atoms with Crippen molar-refractivity contribution in [1.29, 1.82) is 0 Å². The van der Waals surface area contributed by atoms with Gasteiger partial charge in [-0.2, -0.15) is 0 Å². The lowest BCUT2D eigenvalue weighted by atomic mass is 9.82. The monoisotopic (exact) mass is 820 g/mol. The van der Waals surface area contributed by atoms with Crippen molar-refractivity contribution in [1.82, 2.24) is 14.6 Å². The van der Waals surface area contributed by atoms with Gasteiger partial charge in [-0.1, -0.05) is 44.2 Å². The molecule has 13 nitrogen and oxygen atoms in total. The summed E-state index contributed by atoms with van der Waals surface area (Å²) in [6.45, 7) is 13.9.